The zero-order valence-electron chi connectivity index (χ0n) is 12.3. The zero-order chi connectivity index (χ0) is 14.8. The van der Waals surface area contributed by atoms with Gasteiger partial charge >= 0.3 is 0 Å². The van der Waals surface area contributed by atoms with Crippen LogP contribution in [0, 0.1) is 0 Å². The molecule has 0 bridgehead atoms. The van der Waals surface area contributed by atoms with Crippen molar-refractivity contribution in [3.8, 4) is 0 Å². The summed E-state index contributed by atoms with van der Waals surface area (Å²) in [4.78, 5) is 17.0. The van der Waals surface area contributed by atoms with E-state index in [2.05, 4.69) is 36.2 Å². The summed E-state index contributed by atoms with van der Waals surface area (Å²) in [7, 11) is 1.80. The molecule has 1 aromatic heterocycles. The van der Waals surface area contributed by atoms with Crippen LogP contribution in [0.1, 0.15) is 23.7 Å². The van der Waals surface area contributed by atoms with Gasteiger partial charge in [0.2, 0.25) is 0 Å². The van der Waals surface area contributed by atoms with Crippen LogP contribution in [-0.4, -0.2) is 9.55 Å². The summed E-state index contributed by atoms with van der Waals surface area (Å²) >= 11 is 0. The summed E-state index contributed by atoms with van der Waals surface area (Å²) in [6.07, 6.45) is 1.60. The largest absolute Gasteiger partial charge is 0.308 e. The fourth-order valence-electron chi connectivity index (χ4n) is 2.54. The minimum atomic E-state index is -0.0201. The molecule has 2 aromatic carbocycles. The highest BCUT2D eigenvalue weighted by Crippen LogP contribution is 2.12. The van der Waals surface area contributed by atoms with E-state index >= 15 is 0 Å². The van der Waals surface area contributed by atoms with Crippen molar-refractivity contribution in [2.75, 3.05) is 0 Å². The molecule has 106 valence electrons. The summed E-state index contributed by atoms with van der Waals surface area (Å²) in [5, 5.41) is 0. The molecule has 1 heterocycles. The molecule has 0 N–H and O–H groups in total. The Morgan fingerprint density at radius 2 is 1.67 bits per heavy atom. The van der Waals surface area contributed by atoms with Crippen molar-refractivity contribution in [1.29, 1.82) is 0 Å². The Bertz CT molecular complexity index is 832. The van der Waals surface area contributed by atoms with Gasteiger partial charge in [-0.25, -0.2) is 4.98 Å². The van der Waals surface area contributed by atoms with Crippen LogP contribution in [0.3, 0.4) is 0 Å². The van der Waals surface area contributed by atoms with E-state index in [1.165, 1.54) is 5.56 Å². The molecule has 0 atom stereocenters. The van der Waals surface area contributed by atoms with Gasteiger partial charge in [0, 0.05) is 13.5 Å². The summed E-state index contributed by atoms with van der Waals surface area (Å²) in [6, 6.07) is 16.1. The van der Waals surface area contributed by atoms with Gasteiger partial charge in [-0.2, -0.15) is 0 Å². The van der Waals surface area contributed by atoms with E-state index in [1.54, 1.807) is 11.6 Å². The number of benzene rings is 2. The predicted octanol–water partition coefficient (Wildman–Crippen LogP) is 3.09. The van der Waals surface area contributed by atoms with Gasteiger partial charge in [-0.1, -0.05) is 43.3 Å². The summed E-state index contributed by atoms with van der Waals surface area (Å²) in [5.74, 6) is 0. The third-order valence-electron chi connectivity index (χ3n) is 3.85. The van der Waals surface area contributed by atoms with Crippen LogP contribution >= 0.6 is 0 Å². The lowest BCUT2D eigenvalue weighted by molar-refractivity contribution is 0.855. The van der Waals surface area contributed by atoms with Gasteiger partial charge in [0.25, 0.3) is 5.56 Å². The van der Waals surface area contributed by atoms with Gasteiger partial charge in [0.15, 0.2) is 0 Å². The third kappa shape index (κ3) is 2.59. The average molecular weight is 278 g/mol. The molecule has 0 aliphatic carbocycles. The first-order chi connectivity index (χ1) is 10.2. The molecule has 3 nitrogen and oxygen atoms in total. The number of hydrogen-bond donors (Lipinski definition) is 0. The Balaban J connectivity index is 2.03. The molecular formula is C18H18N2O. The molecule has 3 aromatic rings. The minimum absolute atomic E-state index is 0.0201. The van der Waals surface area contributed by atoms with Crippen LogP contribution in [0.4, 0.5) is 0 Å². The maximum absolute atomic E-state index is 12.4. The lowest BCUT2D eigenvalue weighted by atomic mass is 10.1. The molecule has 3 heteroatoms. The lowest BCUT2D eigenvalue weighted by Gasteiger charge is -2.08. The first-order valence-corrected chi connectivity index (χ1v) is 7.21. The van der Waals surface area contributed by atoms with Crippen LogP contribution in [0.15, 0.2) is 53.3 Å². The molecule has 3 rings (SSSR count). The van der Waals surface area contributed by atoms with Gasteiger partial charge in [-0.05, 0) is 29.7 Å². The Labute approximate surface area is 123 Å². The Kier molecular flexibility index (Phi) is 3.57. The fraction of sp³-hybridized carbons (Fsp3) is 0.222. The van der Waals surface area contributed by atoms with Crippen molar-refractivity contribution in [2.45, 2.75) is 19.8 Å². The number of hydrogen-bond acceptors (Lipinski definition) is 2. The Morgan fingerprint density at radius 3 is 2.38 bits per heavy atom. The van der Waals surface area contributed by atoms with Crippen molar-refractivity contribution in [3.05, 3.63) is 75.7 Å². The molecule has 21 heavy (non-hydrogen) atoms. The number of rotatable bonds is 3. The third-order valence-corrected chi connectivity index (χ3v) is 3.85. The van der Waals surface area contributed by atoms with Gasteiger partial charge in [0.05, 0.1) is 11.0 Å². The molecule has 0 saturated carbocycles. The van der Waals surface area contributed by atoms with E-state index in [0.29, 0.717) is 12.1 Å². The van der Waals surface area contributed by atoms with Gasteiger partial charge in [0.1, 0.15) is 5.69 Å². The van der Waals surface area contributed by atoms with Crippen molar-refractivity contribution >= 4 is 11.0 Å². The number of nitrogens with zero attached hydrogens (tertiary/aromatic N) is 2. The fourth-order valence-corrected chi connectivity index (χ4v) is 2.54. The summed E-state index contributed by atoms with van der Waals surface area (Å²) in [5.41, 5.74) is 4.73. The van der Waals surface area contributed by atoms with Gasteiger partial charge in [-0.3, -0.25) is 4.79 Å². The molecule has 0 unspecified atom stereocenters. The molecule has 0 aliphatic rings. The first kappa shape index (κ1) is 13.6. The van der Waals surface area contributed by atoms with Crippen LogP contribution < -0.4 is 5.56 Å². The average Bonchev–Trinajstić information content (AvgIpc) is 2.53. The molecule has 0 radical (unpaired) electrons. The van der Waals surface area contributed by atoms with Crippen molar-refractivity contribution in [3.63, 3.8) is 0 Å². The zero-order valence-corrected chi connectivity index (χ0v) is 12.3. The van der Waals surface area contributed by atoms with Crippen molar-refractivity contribution < 1.29 is 0 Å². The minimum Gasteiger partial charge on any atom is -0.308 e. The highest BCUT2D eigenvalue weighted by Gasteiger charge is 2.08. The standard InChI is InChI=1S/C18H18N2O/c1-3-13-8-10-14(11-9-13)12-16-18(21)20(2)17-7-5-4-6-15(17)19-16/h4-11H,3,12H2,1-2H3. The molecular weight excluding hydrogens is 260 g/mol. The molecule has 0 fully saturated rings. The maximum atomic E-state index is 12.4. The van der Waals surface area contributed by atoms with Crippen LogP contribution in [-0.2, 0) is 19.9 Å². The second-order valence-electron chi connectivity index (χ2n) is 5.26. The quantitative estimate of drug-likeness (QED) is 0.738. The highest BCUT2D eigenvalue weighted by atomic mass is 16.1. The molecule has 0 spiro atoms. The first-order valence-electron chi connectivity index (χ1n) is 7.21. The summed E-state index contributed by atoms with van der Waals surface area (Å²) < 4.78 is 1.68. The number of fused-ring (bicyclic) bond motifs is 1. The Morgan fingerprint density at radius 1 is 1.00 bits per heavy atom. The van der Waals surface area contributed by atoms with Gasteiger partial charge in [-0.15, -0.1) is 0 Å². The number of para-hydroxylation sites is 2. The lowest BCUT2D eigenvalue weighted by Crippen LogP contribution is -2.23. The summed E-state index contributed by atoms with van der Waals surface area (Å²) in [6.45, 7) is 2.13. The van der Waals surface area contributed by atoms with Crippen LogP contribution in [0.25, 0.3) is 11.0 Å². The maximum Gasteiger partial charge on any atom is 0.272 e. The van der Waals surface area contributed by atoms with Crippen LogP contribution in [0.5, 0.6) is 0 Å². The second-order valence-corrected chi connectivity index (χ2v) is 5.26. The van der Waals surface area contributed by atoms with Crippen molar-refractivity contribution in [2.24, 2.45) is 7.05 Å². The number of aromatic nitrogens is 2. The Hall–Kier alpha value is -2.42. The molecule has 0 amide bonds. The number of aryl methyl sites for hydroxylation is 2. The second kappa shape index (κ2) is 5.52. The van der Waals surface area contributed by atoms with Gasteiger partial charge < -0.3 is 4.57 Å². The highest BCUT2D eigenvalue weighted by molar-refractivity contribution is 5.74. The van der Waals surface area contributed by atoms with E-state index < -0.39 is 0 Å². The predicted molar refractivity (Wildman–Crippen MR) is 85.6 cm³/mol. The van der Waals surface area contributed by atoms with E-state index in [1.807, 2.05) is 24.3 Å². The molecule has 0 saturated heterocycles. The van der Waals surface area contributed by atoms with E-state index in [-0.39, 0.29) is 5.56 Å². The smallest absolute Gasteiger partial charge is 0.272 e. The van der Waals surface area contributed by atoms with E-state index in [9.17, 15) is 4.79 Å². The normalized spacial score (nSPS) is 11.0. The van der Waals surface area contributed by atoms with E-state index in [4.69, 9.17) is 0 Å². The van der Waals surface area contributed by atoms with Crippen molar-refractivity contribution in [1.82, 2.24) is 9.55 Å². The monoisotopic (exact) mass is 278 g/mol. The SMILES string of the molecule is CCc1ccc(Cc2nc3ccccc3n(C)c2=O)cc1. The topological polar surface area (TPSA) is 34.9 Å². The van der Waals surface area contributed by atoms with Crippen LogP contribution in [0.2, 0.25) is 0 Å². The van der Waals surface area contributed by atoms with E-state index in [0.717, 1.165) is 23.0 Å². The molecule has 0 aliphatic heterocycles.